The van der Waals surface area contributed by atoms with E-state index in [9.17, 15) is 9.90 Å². The Morgan fingerprint density at radius 1 is 1.50 bits per heavy atom. The van der Waals surface area contributed by atoms with E-state index in [0.29, 0.717) is 12.8 Å². The second-order valence-corrected chi connectivity index (χ2v) is 4.97. The van der Waals surface area contributed by atoms with Gasteiger partial charge in [-0.25, -0.2) is 0 Å². The summed E-state index contributed by atoms with van der Waals surface area (Å²) in [7, 11) is 0. The van der Waals surface area contributed by atoms with Gasteiger partial charge in [-0.15, -0.1) is 0 Å². The average molecular weight is 201 g/mol. The van der Waals surface area contributed by atoms with E-state index in [1.807, 2.05) is 0 Å². The van der Waals surface area contributed by atoms with E-state index >= 15 is 0 Å². The molecular formula is C10H19NO3. The Labute approximate surface area is 84.4 Å². The number of hydrogen-bond donors (Lipinski definition) is 2. The van der Waals surface area contributed by atoms with Crippen molar-refractivity contribution in [2.45, 2.75) is 57.3 Å². The van der Waals surface area contributed by atoms with E-state index in [2.05, 4.69) is 0 Å². The Morgan fingerprint density at radius 2 is 2.00 bits per heavy atom. The lowest BCUT2D eigenvalue weighted by Crippen LogP contribution is -2.58. The second kappa shape index (κ2) is 3.51. The van der Waals surface area contributed by atoms with Gasteiger partial charge in [-0.1, -0.05) is 0 Å². The minimum Gasteiger partial charge on any atom is -0.459 e. The second-order valence-electron chi connectivity index (χ2n) is 4.97. The highest BCUT2D eigenvalue weighted by atomic mass is 16.6. The zero-order valence-corrected chi connectivity index (χ0v) is 9.04. The Kier molecular flexibility index (Phi) is 2.88. The Hall–Kier alpha value is -0.610. The molecule has 1 fully saturated rings. The van der Waals surface area contributed by atoms with Crippen LogP contribution < -0.4 is 5.73 Å². The number of hydrogen-bond acceptors (Lipinski definition) is 4. The summed E-state index contributed by atoms with van der Waals surface area (Å²) in [5.41, 5.74) is 4.07. The van der Waals surface area contributed by atoms with Gasteiger partial charge in [0, 0.05) is 0 Å². The summed E-state index contributed by atoms with van der Waals surface area (Å²) in [5.74, 6) is -0.514. The molecule has 0 aromatic rings. The monoisotopic (exact) mass is 201 g/mol. The number of esters is 1. The van der Waals surface area contributed by atoms with Crippen molar-refractivity contribution in [3.63, 3.8) is 0 Å². The standard InChI is InChI=1S/C10H19NO3/c1-9(2,3)14-8(12)7(11)10(13)5-4-6-10/h7,13H,4-6,11H2,1-3H3. The van der Waals surface area contributed by atoms with Crippen LogP contribution in [0.4, 0.5) is 0 Å². The first-order valence-corrected chi connectivity index (χ1v) is 4.95. The fourth-order valence-electron chi connectivity index (χ4n) is 1.43. The van der Waals surface area contributed by atoms with Crippen molar-refractivity contribution < 1.29 is 14.6 Å². The predicted molar refractivity (Wildman–Crippen MR) is 52.6 cm³/mol. The third kappa shape index (κ3) is 2.45. The number of ether oxygens (including phenoxy) is 1. The third-order valence-electron chi connectivity index (χ3n) is 2.46. The zero-order valence-electron chi connectivity index (χ0n) is 9.04. The number of nitrogens with two attached hydrogens (primary N) is 1. The molecule has 1 aliphatic carbocycles. The highest BCUT2D eigenvalue weighted by Gasteiger charge is 2.45. The van der Waals surface area contributed by atoms with Crippen LogP contribution in [0.25, 0.3) is 0 Å². The molecule has 0 aromatic carbocycles. The Morgan fingerprint density at radius 3 is 2.29 bits per heavy atom. The lowest BCUT2D eigenvalue weighted by molar-refractivity contribution is -0.167. The largest absolute Gasteiger partial charge is 0.459 e. The number of carbonyl (C=O) groups is 1. The number of carbonyl (C=O) groups excluding carboxylic acids is 1. The van der Waals surface area contributed by atoms with Crippen molar-refractivity contribution >= 4 is 5.97 Å². The van der Waals surface area contributed by atoms with E-state index in [1.165, 1.54) is 0 Å². The zero-order chi connectivity index (χ0) is 11.0. The van der Waals surface area contributed by atoms with Crippen LogP contribution in [-0.2, 0) is 9.53 Å². The Bertz CT molecular complexity index is 228. The van der Waals surface area contributed by atoms with Crippen molar-refractivity contribution in [3.8, 4) is 0 Å². The molecule has 0 amide bonds. The molecule has 0 spiro atoms. The van der Waals surface area contributed by atoms with Crippen molar-refractivity contribution in [3.05, 3.63) is 0 Å². The molecule has 4 nitrogen and oxygen atoms in total. The van der Waals surface area contributed by atoms with Crippen LogP contribution in [0.15, 0.2) is 0 Å². The van der Waals surface area contributed by atoms with Crippen LogP contribution in [0.2, 0.25) is 0 Å². The van der Waals surface area contributed by atoms with Gasteiger partial charge in [-0.05, 0) is 40.0 Å². The summed E-state index contributed by atoms with van der Waals surface area (Å²) in [4.78, 5) is 11.5. The van der Waals surface area contributed by atoms with Crippen molar-refractivity contribution in [2.75, 3.05) is 0 Å². The van der Waals surface area contributed by atoms with Crippen LogP contribution in [0.5, 0.6) is 0 Å². The molecule has 1 atom stereocenters. The lowest BCUT2D eigenvalue weighted by atomic mass is 9.75. The first-order valence-electron chi connectivity index (χ1n) is 4.95. The van der Waals surface area contributed by atoms with Gasteiger partial charge in [0.2, 0.25) is 0 Å². The van der Waals surface area contributed by atoms with Crippen molar-refractivity contribution in [1.82, 2.24) is 0 Å². The first-order chi connectivity index (χ1) is 6.25. The van der Waals surface area contributed by atoms with Gasteiger partial charge >= 0.3 is 5.97 Å². The summed E-state index contributed by atoms with van der Waals surface area (Å²) in [6, 6.07) is -0.907. The normalized spacial score (nSPS) is 22.4. The van der Waals surface area contributed by atoms with E-state index < -0.39 is 23.2 Å². The molecular weight excluding hydrogens is 182 g/mol. The van der Waals surface area contributed by atoms with Gasteiger partial charge in [0.25, 0.3) is 0 Å². The predicted octanol–water partition coefficient (Wildman–Crippen LogP) is 0.570. The molecule has 4 heteroatoms. The van der Waals surface area contributed by atoms with Crippen molar-refractivity contribution in [1.29, 1.82) is 0 Å². The number of aliphatic hydroxyl groups is 1. The highest BCUT2D eigenvalue weighted by Crippen LogP contribution is 2.34. The SMILES string of the molecule is CC(C)(C)OC(=O)C(N)C1(O)CCC1. The van der Waals surface area contributed by atoms with Crippen LogP contribution in [0.1, 0.15) is 40.0 Å². The van der Waals surface area contributed by atoms with Gasteiger partial charge < -0.3 is 15.6 Å². The molecule has 1 saturated carbocycles. The van der Waals surface area contributed by atoms with Gasteiger partial charge in [-0.3, -0.25) is 4.79 Å². The molecule has 0 aromatic heterocycles. The third-order valence-corrected chi connectivity index (χ3v) is 2.46. The van der Waals surface area contributed by atoms with E-state index in [0.717, 1.165) is 6.42 Å². The molecule has 0 aliphatic heterocycles. The van der Waals surface area contributed by atoms with E-state index in [4.69, 9.17) is 10.5 Å². The van der Waals surface area contributed by atoms with E-state index in [-0.39, 0.29) is 0 Å². The molecule has 0 heterocycles. The molecule has 1 unspecified atom stereocenters. The van der Waals surface area contributed by atoms with Crippen LogP contribution in [-0.4, -0.2) is 28.3 Å². The van der Waals surface area contributed by atoms with Crippen LogP contribution in [0.3, 0.4) is 0 Å². The van der Waals surface area contributed by atoms with Gasteiger partial charge in [0.05, 0.1) is 5.60 Å². The Balaban J connectivity index is 2.52. The van der Waals surface area contributed by atoms with Gasteiger partial charge in [0.15, 0.2) is 0 Å². The molecule has 1 rings (SSSR count). The van der Waals surface area contributed by atoms with Gasteiger partial charge in [0.1, 0.15) is 11.6 Å². The lowest BCUT2D eigenvalue weighted by Gasteiger charge is -2.40. The topological polar surface area (TPSA) is 72.5 Å². The quantitative estimate of drug-likeness (QED) is 0.641. The van der Waals surface area contributed by atoms with E-state index in [1.54, 1.807) is 20.8 Å². The summed E-state index contributed by atoms with van der Waals surface area (Å²) in [6.45, 7) is 5.34. The minimum atomic E-state index is -1.03. The first kappa shape index (κ1) is 11.5. The maximum absolute atomic E-state index is 11.5. The fourth-order valence-corrected chi connectivity index (χ4v) is 1.43. The minimum absolute atomic E-state index is 0.514. The molecule has 0 radical (unpaired) electrons. The summed E-state index contributed by atoms with van der Waals surface area (Å²) in [6.07, 6.45) is 2.10. The average Bonchev–Trinajstić information content (AvgIpc) is 1.95. The molecule has 0 saturated heterocycles. The smallest absolute Gasteiger partial charge is 0.326 e. The fraction of sp³-hybridized carbons (Fsp3) is 0.900. The van der Waals surface area contributed by atoms with Gasteiger partial charge in [-0.2, -0.15) is 0 Å². The van der Waals surface area contributed by atoms with Crippen LogP contribution >= 0.6 is 0 Å². The maximum atomic E-state index is 11.5. The highest BCUT2D eigenvalue weighted by molar-refractivity contribution is 5.77. The van der Waals surface area contributed by atoms with Crippen LogP contribution in [0, 0.1) is 0 Å². The maximum Gasteiger partial charge on any atom is 0.326 e. The molecule has 14 heavy (non-hydrogen) atoms. The molecule has 82 valence electrons. The molecule has 0 bridgehead atoms. The van der Waals surface area contributed by atoms with Crippen molar-refractivity contribution in [2.24, 2.45) is 5.73 Å². The molecule has 3 N–H and O–H groups in total. The summed E-state index contributed by atoms with van der Waals surface area (Å²) in [5, 5.41) is 9.82. The summed E-state index contributed by atoms with van der Waals surface area (Å²) < 4.78 is 5.10. The molecule has 1 aliphatic rings. The summed E-state index contributed by atoms with van der Waals surface area (Å²) >= 11 is 0. The number of rotatable bonds is 2.